The minimum absolute atomic E-state index is 0.671. The summed E-state index contributed by atoms with van der Waals surface area (Å²) in [7, 11) is 2.27. The minimum atomic E-state index is 0.671. The molecule has 2 atom stereocenters. The normalized spacial score (nSPS) is 26.5. The topological polar surface area (TPSA) is 15.3 Å². The second-order valence-electron chi connectivity index (χ2n) is 5.99. The monoisotopic (exact) mass is 240 g/mol. The molecule has 2 heteroatoms. The van der Waals surface area contributed by atoms with E-state index in [1.807, 2.05) is 0 Å². The van der Waals surface area contributed by atoms with Gasteiger partial charge in [0.15, 0.2) is 0 Å². The first kappa shape index (κ1) is 15.0. The summed E-state index contributed by atoms with van der Waals surface area (Å²) in [6.07, 6.45) is 8.34. The Hall–Kier alpha value is -0.0800. The first-order valence-corrected chi connectivity index (χ1v) is 7.58. The van der Waals surface area contributed by atoms with Crippen molar-refractivity contribution in [1.29, 1.82) is 0 Å². The summed E-state index contributed by atoms with van der Waals surface area (Å²) in [5, 5.41) is 3.78. The van der Waals surface area contributed by atoms with E-state index in [9.17, 15) is 0 Å². The second-order valence-corrected chi connectivity index (χ2v) is 5.99. The highest BCUT2D eigenvalue weighted by molar-refractivity contribution is 4.81. The van der Waals surface area contributed by atoms with E-state index in [1.165, 1.54) is 51.6 Å². The molecule has 1 aliphatic rings. The Labute approximate surface area is 108 Å². The summed E-state index contributed by atoms with van der Waals surface area (Å²) in [5.74, 6) is 0.858. The van der Waals surface area contributed by atoms with Crippen molar-refractivity contribution in [3.8, 4) is 0 Å². The second kappa shape index (κ2) is 8.10. The fourth-order valence-corrected chi connectivity index (χ4v) is 2.78. The Morgan fingerprint density at radius 3 is 2.53 bits per heavy atom. The van der Waals surface area contributed by atoms with Gasteiger partial charge < -0.3 is 10.2 Å². The van der Waals surface area contributed by atoms with E-state index in [0.29, 0.717) is 6.04 Å². The van der Waals surface area contributed by atoms with Gasteiger partial charge >= 0.3 is 0 Å². The lowest BCUT2D eigenvalue weighted by Crippen LogP contribution is -2.42. The molecule has 0 aromatic carbocycles. The van der Waals surface area contributed by atoms with Crippen molar-refractivity contribution in [1.82, 2.24) is 10.2 Å². The molecule has 0 aromatic rings. The third-order valence-electron chi connectivity index (χ3n) is 4.22. The zero-order valence-corrected chi connectivity index (χ0v) is 12.3. The molecule has 0 heterocycles. The van der Waals surface area contributed by atoms with Crippen LogP contribution in [0.5, 0.6) is 0 Å². The summed E-state index contributed by atoms with van der Waals surface area (Å²) in [5.41, 5.74) is 0. The molecule has 1 aliphatic carbocycles. The Kier molecular flexibility index (Phi) is 7.14. The standard InChI is InChI=1S/C15H32N2/c1-5-11-16-15-10-8-6-7-9-14(15)12-17(4)13(2)3/h13-16H,5-12H2,1-4H3. The molecular formula is C15H32N2. The third kappa shape index (κ3) is 5.39. The largest absolute Gasteiger partial charge is 0.314 e. The maximum Gasteiger partial charge on any atom is 0.0107 e. The first-order valence-electron chi connectivity index (χ1n) is 7.58. The maximum absolute atomic E-state index is 3.78. The van der Waals surface area contributed by atoms with Gasteiger partial charge in [-0.2, -0.15) is 0 Å². The van der Waals surface area contributed by atoms with Gasteiger partial charge in [-0.05, 0) is 52.6 Å². The van der Waals surface area contributed by atoms with E-state index in [4.69, 9.17) is 0 Å². The predicted molar refractivity (Wildman–Crippen MR) is 76.4 cm³/mol. The molecule has 0 bridgehead atoms. The molecular weight excluding hydrogens is 208 g/mol. The summed E-state index contributed by atoms with van der Waals surface area (Å²) >= 11 is 0. The van der Waals surface area contributed by atoms with E-state index in [1.54, 1.807) is 0 Å². The molecule has 0 radical (unpaired) electrons. The highest BCUT2D eigenvalue weighted by Crippen LogP contribution is 2.24. The molecule has 0 amide bonds. The molecule has 17 heavy (non-hydrogen) atoms. The lowest BCUT2D eigenvalue weighted by Gasteiger charge is -2.32. The molecule has 1 rings (SSSR count). The molecule has 1 saturated carbocycles. The van der Waals surface area contributed by atoms with Crippen molar-refractivity contribution in [2.24, 2.45) is 5.92 Å². The molecule has 0 aliphatic heterocycles. The van der Waals surface area contributed by atoms with Gasteiger partial charge in [-0.3, -0.25) is 0 Å². The summed E-state index contributed by atoms with van der Waals surface area (Å²) in [4.78, 5) is 2.51. The number of hydrogen-bond donors (Lipinski definition) is 1. The van der Waals surface area contributed by atoms with Crippen LogP contribution < -0.4 is 5.32 Å². The summed E-state index contributed by atoms with van der Waals surface area (Å²) in [6.45, 7) is 9.31. The quantitative estimate of drug-likeness (QED) is 0.717. The van der Waals surface area contributed by atoms with Crippen LogP contribution in [0.1, 0.15) is 59.3 Å². The number of rotatable bonds is 6. The fourth-order valence-electron chi connectivity index (χ4n) is 2.78. The zero-order chi connectivity index (χ0) is 12.7. The van der Waals surface area contributed by atoms with Gasteiger partial charge in [-0.15, -0.1) is 0 Å². The van der Waals surface area contributed by atoms with E-state index in [0.717, 1.165) is 12.0 Å². The number of nitrogens with one attached hydrogen (secondary N) is 1. The van der Waals surface area contributed by atoms with Crippen LogP contribution in [-0.4, -0.2) is 37.1 Å². The van der Waals surface area contributed by atoms with Crippen molar-refractivity contribution in [3.63, 3.8) is 0 Å². The maximum atomic E-state index is 3.78. The van der Waals surface area contributed by atoms with Crippen molar-refractivity contribution in [3.05, 3.63) is 0 Å². The molecule has 1 fully saturated rings. The van der Waals surface area contributed by atoms with Crippen molar-refractivity contribution < 1.29 is 0 Å². The summed E-state index contributed by atoms with van der Waals surface area (Å²) in [6, 6.07) is 1.43. The van der Waals surface area contributed by atoms with E-state index in [2.05, 4.69) is 38.0 Å². The molecule has 102 valence electrons. The van der Waals surface area contributed by atoms with Gasteiger partial charge in [0.2, 0.25) is 0 Å². The minimum Gasteiger partial charge on any atom is -0.314 e. The van der Waals surface area contributed by atoms with Crippen LogP contribution >= 0.6 is 0 Å². The van der Waals surface area contributed by atoms with Crippen LogP contribution in [0, 0.1) is 5.92 Å². The number of hydrogen-bond acceptors (Lipinski definition) is 2. The molecule has 0 spiro atoms. The van der Waals surface area contributed by atoms with Gasteiger partial charge in [-0.25, -0.2) is 0 Å². The molecule has 0 saturated heterocycles. The van der Waals surface area contributed by atoms with Gasteiger partial charge in [0.25, 0.3) is 0 Å². The van der Waals surface area contributed by atoms with E-state index >= 15 is 0 Å². The lowest BCUT2D eigenvalue weighted by molar-refractivity contribution is 0.193. The van der Waals surface area contributed by atoms with Gasteiger partial charge in [0.1, 0.15) is 0 Å². The van der Waals surface area contributed by atoms with Crippen LogP contribution in [0.3, 0.4) is 0 Å². The zero-order valence-electron chi connectivity index (χ0n) is 12.3. The summed E-state index contributed by atoms with van der Waals surface area (Å²) < 4.78 is 0. The Morgan fingerprint density at radius 1 is 1.18 bits per heavy atom. The smallest absolute Gasteiger partial charge is 0.0107 e. The van der Waals surface area contributed by atoms with Crippen molar-refractivity contribution in [2.75, 3.05) is 20.1 Å². The highest BCUT2D eigenvalue weighted by atomic mass is 15.1. The number of nitrogens with zero attached hydrogens (tertiary/aromatic N) is 1. The van der Waals surface area contributed by atoms with Crippen LogP contribution in [0.2, 0.25) is 0 Å². The van der Waals surface area contributed by atoms with E-state index < -0.39 is 0 Å². The fraction of sp³-hybridized carbons (Fsp3) is 1.00. The Bertz CT molecular complexity index is 191. The molecule has 2 unspecified atom stereocenters. The van der Waals surface area contributed by atoms with Crippen LogP contribution in [-0.2, 0) is 0 Å². The molecule has 1 N–H and O–H groups in total. The third-order valence-corrected chi connectivity index (χ3v) is 4.22. The van der Waals surface area contributed by atoms with Gasteiger partial charge in [0, 0.05) is 18.6 Å². The highest BCUT2D eigenvalue weighted by Gasteiger charge is 2.24. The average molecular weight is 240 g/mol. The van der Waals surface area contributed by atoms with Gasteiger partial charge in [-0.1, -0.05) is 26.2 Å². The lowest BCUT2D eigenvalue weighted by atomic mass is 9.93. The first-order chi connectivity index (χ1) is 8.15. The van der Waals surface area contributed by atoms with Crippen LogP contribution in [0.4, 0.5) is 0 Å². The van der Waals surface area contributed by atoms with Crippen molar-refractivity contribution >= 4 is 0 Å². The molecule has 2 nitrogen and oxygen atoms in total. The Balaban J connectivity index is 2.49. The SMILES string of the molecule is CCCNC1CCCCCC1CN(C)C(C)C. The predicted octanol–water partition coefficient (Wildman–Crippen LogP) is 3.28. The molecule has 0 aromatic heterocycles. The van der Waals surface area contributed by atoms with Gasteiger partial charge in [0.05, 0.1) is 0 Å². The van der Waals surface area contributed by atoms with Crippen molar-refractivity contribution in [2.45, 2.75) is 71.4 Å². The van der Waals surface area contributed by atoms with Crippen LogP contribution in [0.15, 0.2) is 0 Å². The Morgan fingerprint density at radius 2 is 1.88 bits per heavy atom. The average Bonchev–Trinajstić information content (AvgIpc) is 2.51. The van der Waals surface area contributed by atoms with E-state index in [-0.39, 0.29) is 0 Å². The van der Waals surface area contributed by atoms with Crippen LogP contribution in [0.25, 0.3) is 0 Å².